The van der Waals surface area contributed by atoms with Crippen LogP contribution in [0.5, 0.6) is 0 Å². The summed E-state index contributed by atoms with van der Waals surface area (Å²) in [5.74, 6) is -0.482. The standard InChI is InChI=1S/C22H21N5O3/c1-13(2)27-20-16(11-24-27)9-17(12-23-20)25-21(28)15-7-6-14(3)18(10-15)26-22(29)19-5-4-8-30-19/h4-13H,1-3H3,(H,25,28)(H,26,29). The molecule has 4 rings (SSSR count). The van der Waals surface area contributed by atoms with Crippen molar-refractivity contribution in [3.8, 4) is 0 Å². The second kappa shape index (κ2) is 7.82. The van der Waals surface area contributed by atoms with Crippen LogP contribution in [-0.4, -0.2) is 26.6 Å². The van der Waals surface area contributed by atoms with Crippen LogP contribution in [0.3, 0.4) is 0 Å². The van der Waals surface area contributed by atoms with Gasteiger partial charge >= 0.3 is 0 Å². The first-order chi connectivity index (χ1) is 14.4. The first kappa shape index (κ1) is 19.4. The number of hydrogen-bond acceptors (Lipinski definition) is 5. The first-order valence-corrected chi connectivity index (χ1v) is 9.52. The summed E-state index contributed by atoms with van der Waals surface area (Å²) in [6, 6.07) is 10.4. The highest BCUT2D eigenvalue weighted by atomic mass is 16.3. The van der Waals surface area contributed by atoms with Gasteiger partial charge in [0, 0.05) is 22.7 Å². The number of fused-ring (bicyclic) bond motifs is 1. The van der Waals surface area contributed by atoms with Gasteiger partial charge in [0.15, 0.2) is 11.4 Å². The van der Waals surface area contributed by atoms with Gasteiger partial charge in [-0.15, -0.1) is 0 Å². The van der Waals surface area contributed by atoms with Gasteiger partial charge in [0.1, 0.15) is 0 Å². The minimum Gasteiger partial charge on any atom is -0.459 e. The molecule has 152 valence electrons. The maximum Gasteiger partial charge on any atom is 0.291 e. The molecular formula is C22H21N5O3. The van der Waals surface area contributed by atoms with Crippen molar-refractivity contribution in [2.24, 2.45) is 0 Å². The summed E-state index contributed by atoms with van der Waals surface area (Å²) in [6.45, 7) is 5.91. The van der Waals surface area contributed by atoms with E-state index >= 15 is 0 Å². The molecule has 0 saturated carbocycles. The predicted octanol–water partition coefficient (Wildman–Crippen LogP) is 4.42. The average molecular weight is 403 g/mol. The third kappa shape index (κ3) is 3.80. The van der Waals surface area contributed by atoms with Crippen LogP contribution < -0.4 is 10.6 Å². The fourth-order valence-corrected chi connectivity index (χ4v) is 3.08. The molecule has 0 saturated heterocycles. The van der Waals surface area contributed by atoms with Crippen molar-refractivity contribution >= 4 is 34.2 Å². The lowest BCUT2D eigenvalue weighted by atomic mass is 10.1. The van der Waals surface area contributed by atoms with E-state index in [0.29, 0.717) is 16.9 Å². The number of carbonyl (C=O) groups is 2. The molecule has 0 aliphatic rings. The normalized spacial score (nSPS) is 11.1. The topological polar surface area (TPSA) is 102 Å². The molecule has 0 atom stereocenters. The number of benzene rings is 1. The number of amides is 2. The zero-order valence-corrected chi connectivity index (χ0v) is 16.8. The number of carbonyl (C=O) groups excluding carboxylic acids is 2. The van der Waals surface area contributed by atoms with E-state index in [2.05, 4.69) is 20.7 Å². The lowest BCUT2D eigenvalue weighted by Gasteiger charge is -2.11. The highest BCUT2D eigenvalue weighted by Gasteiger charge is 2.14. The van der Waals surface area contributed by atoms with Gasteiger partial charge in [0.05, 0.1) is 24.3 Å². The maximum atomic E-state index is 12.8. The second-order valence-electron chi connectivity index (χ2n) is 7.23. The second-order valence-corrected chi connectivity index (χ2v) is 7.23. The molecule has 0 fully saturated rings. The number of aromatic nitrogens is 3. The summed E-state index contributed by atoms with van der Waals surface area (Å²) in [5, 5.41) is 10.8. The molecule has 0 spiro atoms. The number of anilines is 2. The molecule has 2 N–H and O–H groups in total. The Bertz CT molecular complexity index is 1230. The van der Waals surface area contributed by atoms with Crippen molar-refractivity contribution in [3.05, 3.63) is 71.9 Å². The predicted molar refractivity (Wildman–Crippen MR) is 114 cm³/mol. The molecule has 0 bridgehead atoms. The fraction of sp³-hybridized carbons (Fsp3) is 0.182. The van der Waals surface area contributed by atoms with Crippen LogP contribution in [0, 0.1) is 6.92 Å². The first-order valence-electron chi connectivity index (χ1n) is 9.52. The number of nitrogens with zero attached hydrogens (tertiary/aromatic N) is 3. The van der Waals surface area contributed by atoms with Gasteiger partial charge in [-0.1, -0.05) is 6.07 Å². The van der Waals surface area contributed by atoms with Crippen molar-refractivity contribution in [2.75, 3.05) is 10.6 Å². The average Bonchev–Trinajstić information content (AvgIpc) is 3.39. The van der Waals surface area contributed by atoms with Crippen molar-refractivity contribution in [2.45, 2.75) is 26.8 Å². The number of nitrogens with one attached hydrogen (secondary N) is 2. The molecule has 0 unspecified atom stereocenters. The van der Waals surface area contributed by atoms with Crippen LogP contribution in [0.4, 0.5) is 11.4 Å². The molecule has 3 aromatic heterocycles. The lowest BCUT2D eigenvalue weighted by molar-refractivity contribution is 0.0993. The zero-order chi connectivity index (χ0) is 21.3. The van der Waals surface area contributed by atoms with E-state index < -0.39 is 0 Å². The summed E-state index contributed by atoms with van der Waals surface area (Å²) in [6.07, 6.45) is 4.77. The van der Waals surface area contributed by atoms with Crippen molar-refractivity contribution < 1.29 is 14.0 Å². The summed E-state index contributed by atoms with van der Waals surface area (Å²) in [7, 11) is 0. The molecule has 4 aromatic rings. The summed E-state index contributed by atoms with van der Waals surface area (Å²) in [4.78, 5) is 29.4. The Labute approximate surface area is 172 Å². The number of furan rings is 1. The molecule has 1 aromatic carbocycles. The van der Waals surface area contributed by atoms with E-state index in [1.807, 2.05) is 31.5 Å². The molecule has 30 heavy (non-hydrogen) atoms. The van der Waals surface area contributed by atoms with Crippen LogP contribution in [0.25, 0.3) is 11.0 Å². The van der Waals surface area contributed by atoms with Gasteiger partial charge in [-0.3, -0.25) is 9.59 Å². The van der Waals surface area contributed by atoms with Gasteiger partial charge in [0.2, 0.25) is 0 Å². The Hall–Kier alpha value is -3.94. The molecule has 8 heteroatoms. The van der Waals surface area contributed by atoms with Crippen molar-refractivity contribution in [1.29, 1.82) is 0 Å². The maximum absolute atomic E-state index is 12.8. The Balaban J connectivity index is 1.53. The summed E-state index contributed by atoms with van der Waals surface area (Å²) >= 11 is 0. The number of pyridine rings is 1. The summed E-state index contributed by atoms with van der Waals surface area (Å²) in [5.41, 5.74) is 3.11. The number of rotatable bonds is 5. The summed E-state index contributed by atoms with van der Waals surface area (Å²) < 4.78 is 6.94. The van der Waals surface area contributed by atoms with Crippen molar-refractivity contribution in [3.63, 3.8) is 0 Å². The molecule has 2 amide bonds. The van der Waals surface area contributed by atoms with Crippen LogP contribution in [0.15, 0.2) is 59.5 Å². The molecule has 0 aliphatic carbocycles. The van der Waals surface area contributed by atoms with Crippen LogP contribution in [-0.2, 0) is 0 Å². The van der Waals surface area contributed by atoms with Gasteiger partial charge in [-0.05, 0) is 56.7 Å². The quantitative estimate of drug-likeness (QED) is 0.514. The minimum atomic E-state index is -0.377. The minimum absolute atomic E-state index is 0.192. The molecule has 0 radical (unpaired) electrons. The van der Waals surface area contributed by atoms with Gasteiger partial charge in [-0.2, -0.15) is 5.10 Å². The molecule has 8 nitrogen and oxygen atoms in total. The Morgan fingerprint density at radius 3 is 2.63 bits per heavy atom. The van der Waals surface area contributed by atoms with Crippen LogP contribution >= 0.6 is 0 Å². The third-order valence-electron chi connectivity index (χ3n) is 4.67. The smallest absolute Gasteiger partial charge is 0.291 e. The zero-order valence-electron chi connectivity index (χ0n) is 16.8. The van der Waals surface area contributed by atoms with E-state index in [4.69, 9.17) is 4.42 Å². The van der Waals surface area contributed by atoms with Crippen LogP contribution in [0.2, 0.25) is 0 Å². The van der Waals surface area contributed by atoms with Gasteiger partial charge in [0.25, 0.3) is 11.8 Å². The highest BCUT2D eigenvalue weighted by Crippen LogP contribution is 2.22. The van der Waals surface area contributed by atoms with E-state index in [0.717, 1.165) is 16.6 Å². The lowest BCUT2D eigenvalue weighted by Crippen LogP contribution is -2.15. The van der Waals surface area contributed by atoms with E-state index in [1.54, 1.807) is 42.7 Å². The monoisotopic (exact) mass is 403 g/mol. The molecular weight excluding hydrogens is 382 g/mol. The van der Waals surface area contributed by atoms with E-state index in [-0.39, 0.29) is 23.6 Å². The third-order valence-corrected chi connectivity index (χ3v) is 4.67. The molecule has 3 heterocycles. The number of hydrogen-bond donors (Lipinski definition) is 2. The van der Waals surface area contributed by atoms with E-state index in [1.165, 1.54) is 6.26 Å². The van der Waals surface area contributed by atoms with Crippen molar-refractivity contribution in [1.82, 2.24) is 14.8 Å². The Kier molecular flexibility index (Phi) is 5.05. The number of aryl methyl sites for hydroxylation is 1. The highest BCUT2D eigenvalue weighted by molar-refractivity contribution is 6.07. The van der Waals surface area contributed by atoms with Gasteiger partial charge < -0.3 is 15.1 Å². The molecule has 0 aliphatic heterocycles. The Morgan fingerprint density at radius 1 is 1.07 bits per heavy atom. The van der Waals surface area contributed by atoms with Crippen LogP contribution in [0.1, 0.15) is 46.4 Å². The largest absolute Gasteiger partial charge is 0.459 e. The Morgan fingerprint density at radius 2 is 1.90 bits per heavy atom. The van der Waals surface area contributed by atoms with Gasteiger partial charge in [-0.25, -0.2) is 9.67 Å². The fourth-order valence-electron chi connectivity index (χ4n) is 3.08. The van der Waals surface area contributed by atoms with E-state index in [9.17, 15) is 9.59 Å². The SMILES string of the molecule is Cc1ccc(C(=O)Nc2cnc3c(cnn3C(C)C)c2)cc1NC(=O)c1ccco1.